The second kappa shape index (κ2) is 22.9. The van der Waals surface area contributed by atoms with E-state index in [1.54, 1.807) is 5.96 Å². The topological polar surface area (TPSA) is 86.9 Å². The van der Waals surface area contributed by atoms with Crippen LogP contribution in [0.2, 0.25) is 0 Å². The number of unbranched alkanes of at least 4 members (excludes halogenated alkanes) is 6. The first kappa shape index (κ1) is 34.3. The van der Waals surface area contributed by atoms with Crippen LogP contribution in [0.1, 0.15) is 119 Å². The Bertz CT molecular complexity index is 512. The molecule has 0 aliphatic heterocycles. The first-order chi connectivity index (χ1) is 15.7. The molecule has 7 nitrogen and oxygen atoms in total. The third-order valence-corrected chi connectivity index (χ3v) is 5.54. The Morgan fingerprint density at radius 3 is 1.09 bits per heavy atom. The Morgan fingerprint density at radius 1 is 0.636 bits per heavy atom. The summed E-state index contributed by atoms with van der Waals surface area (Å²) in [7, 11) is -4.92. The summed E-state index contributed by atoms with van der Waals surface area (Å²) in [5.41, 5.74) is 0. The van der Waals surface area contributed by atoms with Crippen LogP contribution in [0.3, 0.4) is 0 Å². The predicted octanol–water partition coefficient (Wildman–Crippen LogP) is 5.76. The van der Waals surface area contributed by atoms with Gasteiger partial charge in [-0.25, -0.2) is 8.42 Å². The van der Waals surface area contributed by atoms with Crippen molar-refractivity contribution in [2.45, 2.75) is 119 Å². The van der Waals surface area contributed by atoms with Gasteiger partial charge in [-0.1, -0.05) is 80.1 Å². The predicted molar refractivity (Wildman–Crippen MR) is 140 cm³/mol. The minimum absolute atomic E-state index is 1.22. The summed E-state index contributed by atoms with van der Waals surface area (Å²) in [4.78, 5) is 5.54. The van der Waals surface area contributed by atoms with Gasteiger partial charge >= 0.3 is 5.96 Å². The lowest BCUT2D eigenvalue weighted by molar-refractivity contribution is -0.539. The second-order valence-corrected chi connectivity index (χ2v) is 9.67. The van der Waals surface area contributed by atoms with Crippen LogP contribution in [0.25, 0.3) is 0 Å². The van der Waals surface area contributed by atoms with E-state index in [1.807, 2.05) is 0 Å². The van der Waals surface area contributed by atoms with Crippen molar-refractivity contribution in [2.24, 2.45) is 0 Å². The van der Waals surface area contributed by atoms with Crippen LogP contribution < -0.4 is 0 Å². The first-order valence-corrected chi connectivity index (χ1v) is 14.9. The lowest BCUT2D eigenvalue weighted by Crippen LogP contribution is -2.51. The molecule has 0 aliphatic carbocycles. The zero-order valence-corrected chi connectivity index (χ0v) is 23.5. The molecule has 0 fully saturated rings. The van der Waals surface area contributed by atoms with Gasteiger partial charge in [-0.15, -0.1) is 0 Å². The van der Waals surface area contributed by atoms with Crippen LogP contribution in [-0.2, 0) is 10.4 Å². The highest BCUT2D eigenvalue weighted by Gasteiger charge is 2.28. The van der Waals surface area contributed by atoms with E-state index in [0.717, 1.165) is 0 Å². The Labute approximate surface area is 206 Å². The summed E-state index contributed by atoms with van der Waals surface area (Å²) in [5.74, 6) is 1.57. The summed E-state index contributed by atoms with van der Waals surface area (Å²) in [6.45, 7) is 21.3. The minimum Gasteiger partial charge on any atom is -0.726 e. The van der Waals surface area contributed by atoms with Gasteiger partial charge < -0.3 is 4.55 Å². The van der Waals surface area contributed by atoms with Crippen molar-refractivity contribution < 1.29 is 22.1 Å². The third-order valence-electron chi connectivity index (χ3n) is 5.54. The van der Waals surface area contributed by atoms with Gasteiger partial charge in [0, 0.05) is 0 Å². The van der Waals surface area contributed by atoms with E-state index < -0.39 is 10.4 Å². The number of nitrogens with zero attached hydrogens (tertiary/aromatic N) is 3. The van der Waals surface area contributed by atoms with Crippen molar-refractivity contribution in [3.05, 3.63) is 0 Å². The van der Waals surface area contributed by atoms with Gasteiger partial charge in [0.2, 0.25) is 10.4 Å². The fraction of sp³-hybridized carbons (Fsp3) is 0.960. The fourth-order valence-corrected chi connectivity index (χ4v) is 3.63. The third kappa shape index (κ3) is 21.4. The minimum atomic E-state index is -4.92. The Morgan fingerprint density at radius 2 is 0.879 bits per heavy atom. The van der Waals surface area contributed by atoms with E-state index in [1.165, 1.54) is 116 Å². The standard InChI is InChI=1S/C25H54N3.H2O4S/c1-7-13-19-26(20-14-8-2)25(27(21-15-9-3)22-16-10-4)28(23-17-11-5)24-18-12-6;1-5(2,3)4/h7-24H2,1-6H3;(H2,1,2,3,4)/q+1;/p-1. The smallest absolute Gasteiger partial charge is 0.350 e. The van der Waals surface area contributed by atoms with Gasteiger partial charge in [0.25, 0.3) is 0 Å². The average Bonchev–Trinajstić information content (AvgIpc) is 2.76. The number of hydrogen-bond acceptors (Lipinski definition) is 3. The van der Waals surface area contributed by atoms with Crippen LogP contribution in [0.4, 0.5) is 0 Å². The summed E-state index contributed by atoms with van der Waals surface area (Å²) in [5, 5.41) is 0. The molecule has 200 valence electrons. The zero-order chi connectivity index (χ0) is 25.5. The molecule has 0 aromatic carbocycles. The molecule has 0 saturated heterocycles. The zero-order valence-electron chi connectivity index (χ0n) is 22.6. The lowest BCUT2D eigenvalue weighted by Gasteiger charge is -2.31. The second-order valence-electron chi connectivity index (χ2n) is 8.81. The lowest BCUT2D eigenvalue weighted by atomic mass is 10.2. The van der Waals surface area contributed by atoms with Crippen molar-refractivity contribution >= 4 is 16.4 Å². The average molecular weight is 494 g/mol. The molecule has 0 aliphatic rings. The molecule has 0 atom stereocenters. The van der Waals surface area contributed by atoms with Gasteiger partial charge in [0.05, 0.1) is 39.3 Å². The SMILES string of the molecule is CCCCN(CCCC)C(N(CCCC)CCCC)=[N+](CCCC)CCCC.O=S(=O)([O-])O. The van der Waals surface area contributed by atoms with Crippen molar-refractivity contribution in [1.82, 2.24) is 9.80 Å². The molecule has 0 amide bonds. The van der Waals surface area contributed by atoms with Gasteiger partial charge in [0.1, 0.15) is 0 Å². The van der Waals surface area contributed by atoms with Gasteiger partial charge in [-0.05, 0) is 38.5 Å². The van der Waals surface area contributed by atoms with Crippen LogP contribution in [0, 0.1) is 0 Å². The molecule has 0 unspecified atom stereocenters. The monoisotopic (exact) mass is 493 g/mol. The van der Waals surface area contributed by atoms with Crippen molar-refractivity contribution in [1.29, 1.82) is 0 Å². The van der Waals surface area contributed by atoms with E-state index in [9.17, 15) is 0 Å². The van der Waals surface area contributed by atoms with E-state index in [0.29, 0.717) is 0 Å². The number of hydrogen-bond donors (Lipinski definition) is 1. The maximum absolute atomic E-state index is 8.63. The molecule has 0 radical (unpaired) electrons. The van der Waals surface area contributed by atoms with Crippen molar-refractivity contribution in [3.8, 4) is 0 Å². The first-order valence-electron chi connectivity index (χ1n) is 13.5. The molecule has 0 saturated carbocycles. The highest BCUT2D eigenvalue weighted by atomic mass is 32.3. The molecular weight excluding hydrogens is 438 g/mol. The molecule has 0 spiro atoms. The molecule has 0 aromatic heterocycles. The Hall–Kier alpha value is -0.860. The van der Waals surface area contributed by atoms with Crippen molar-refractivity contribution in [3.63, 3.8) is 0 Å². The van der Waals surface area contributed by atoms with Crippen molar-refractivity contribution in [2.75, 3.05) is 39.3 Å². The molecular formula is C25H55N3O4S. The normalized spacial score (nSPS) is 11.0. The summed E-state index contributed by atoms with van der Waals surface area (Å²) in [6, 6.07) is 0. The van der Waals surface area contributed by atoms with Crippen LogP contribution in [0.5, 0.6) is 0 Å². The molecule has 0 heterocycles. The van der Waals surface area contributed by atoms with Crippen LogP contribution in [-0.4, -0.2) is 77.1 Å². The molecule has 0 bridgehead atoms. The maximum Gasteiger partial charge on any atom is 0.350 e. The number of rotatable bonds is 18. The maximum atomic E-state index is 8.63. The van der Waals surface area contributed by atoms with E-state index in [-0.39, 0.29) is 0 Å². The quantitative estimate of drug-likeness (QED) is 0.0858. The Balaban J connectivity index is 0. The van der Waals surface area contributed by atoms with Crippen LogP contribution in [0.15, 0.2) is 0 Å². The van der Waals surface area contributed by atoms with Gasteiger partial charge in [0.15, 0.2) is 0 Å². The molecule has 0 aromatic rings. The molecule has 0 rings (SSSR count). The van der Waals surface area contributed by atoms with E-state index in [2.05, 4.69) is 55.9 Å². The summed E-state index contributed by atoms with van der Waals surface area (Å²) >= 11 is 0. The highest BCUT2D eigenvalue weighted by molar-refractivity contribution is 7.79. The largest absolute Gasteiger partial charge is 0.726 e. The van der Waals surface area contributed by atoms with Gasteiger partial charge in [-0.3, -0.25) is 18.9 Å². The van der Waals surface area contributed by atoms with E-state index in [4.69, 9.17) is 17.5 Å². The fourth-order valence-electron chi connectivity index (χ4n) is 3.63. The number of guanidine groups is 1. The highest BCUT2D eigenvalue weighted by Crippen LogP contribution is 2.10. The summed E-state index contributed by atoms with van der Waals surface area (Å²) in [6.07, 6.45) is 15.5. The van der Waals surface area contributed by atoms with Gasteiger partial charge in [-0.2, -0.15) is 0 Å². The molecule has 8 heteroatoms. The molecule has 33 heavy (non-hydrogen) atoms. The van der Waals surface area contributed by atoms with Crippen LogP contribution >= 0.6 is 0 Å². The summed E-state index contributed by atoms with van der Waals surface area (Å²) < 4.78 is 35.6. The van der Waals surface area contributed by atoms with E-state index >= 15 is 0 Å². The Kier molecular flexibility index (Phi) is 23.8. The molecule has 1 N–H and O–H groups in total.